The molecule has 1 N–H and O–H groups in total. The Morgan fingerprint density at radius 3 is 2.61 bits per heavy atom. The summed E-state index contributed by atoms with van der Waals surface area (Å²) in [5.74, 6) is 1.16. The van der Waals surface area contributed by atoms with Crippen LogP contribution in [-0.2, 0) is 13.5 Å². The van der Waals surface area contributed by atoms with Crippen LogP contribution in [-0.4, -0.2) is 70.3 Å². The highest BCUT2D eigenvalue weighted by molar-refractivity contribution is 5.87. The van der Waals surface area contributed by atoms with Gasteiger partial charge in [0.15, 0.2) is 0 Å². The molecule has 3 heterocycles. The van der Waals surface area contributed by atoms with E-state index in [4.69, 9.17) is 9.84 Å². The SMILES string of the molecule is CCN(CCc1cn(C)c2cc(OC)ccc12)CC1CCN(c2ncc(C(=O)O)cn2)CC1. The molecule has 8 nitrogen and oxygen atoms in total. The van der Waals surface area contributed by atoms with Crippen molar-refractivity contribution in [3.8, 4) is 5.75 Å². The van der Waals surface area contributed by atoms with Crippen LogP contribution >= 0.6 is 0 Å². The summed E-state index contributed by atoms with van der Waals surface area (Å²) in [6.07, 6.45) is 8.23. The van der Waals surface area contributed by atoms with E-state index in [0.29, 0.717) is 11.9 Å². The van der Waals surface area contributed by atoms with Crippen molar-refractivity contribution in [1.82, 2.24) is 19.4 Å². The van der Waals surface area contributed by atoms with Crippen molar-refractivity contribution in [3.63, 3.8) is 0 Å². The minimum absolute atomic E-state index is 0.123. The first-order chi connectivity index (χ1) is 16.0. The summed E-state index contributed by atoms with van der Waals surface area (Å²) in [5.41, 5.74) is 2.71. The van der Waals surface area contributed by atoms with Gasteiger partial charge in [0.2, 0.25) is 5.95 Å². The quantitative estimate of drug-likeness (QED) is 0.533. The zero-order chi connectivity index (χ0) is 23.4. The third-order valence-electron chi connectivity index (χ3n) is 6.72. The molecule has 2 aromatic heterocycles. The summed E-state index contributed by atoms with van der Waals surface area (Å²) in [4.78, 5) is 24.2. The van der Waals surface area contributed by atoms with Gasteiger partial charge in [0.25, 0.3) is 0 Å². The topological polar surface area (TPSA) is 83.7 Å². The van der Waals surface area contributed by atoms with Gasteiger partial charge < -0.3 is 24.2 Å². The fourth-order valence-electron chi connectivity index (χ4n) is 4.71. The highest BCUT2D eigenvalue weighted by Gasteiger charge is 2.23. The Morgan fingerprint density at radius 2 is 1.97 bits per heavy atom. The predicted molar refractivity (Wildman–Crippen MR) is 129 cm³/mol. The second kappa shape index (κ2) is 10.2. The summed E-state index contributed by atoms with van der Waals surface area (Å²) < 4.78 is 7.57. The molecule has 1 aliphatic rings. The van der Waals surface area contributed by atoms with Crippen LogP contribution in [0.3, 0.4) is 0 Å². The molecule has 0 saturated carbocycles. The standard InChI is InChI=1S/C25H33N5O3/c1-4-29(10-9-19-17-28(2)23-13-21(33-3)5-6-22(19)23)16-18-7-11-30(12-8-18)25-26-14-20(15-27-25)24(31)32/h5-6,13-15,17-18H,4,7-12,16H2,1-3H3,(H,31,32). The Balaban J connectivity index is 1.30. The molecule has 4 rings (SSSR count). The largest absolute Gasteiger partial charge is 0.497 e. The summed E-state index contributed by atoms with van der Waals surface area (Å²) in [6, 6.07) is 6.31. The number of nitrogens with zero attached hydrogens (tertiary/aromatic N) is 5. The van der Waals surface area contributed by atoms with Crippen molar-refractivity contribution >= 4 is 22.8 Å². The molecule has 33 heavy (non-hydrogen) atoms. The molecule has 0 radical (unpaired) electrons. The third-order valence-corrected chi connectivity index (χ3v) is 6.72. The molecule has 8 heteroatoms. The Hall–Kier alpha value is -3.13. The average Bonchev–Trinajstić information content (AvgIpc) is 3.16. The van der Waals surface area contributed by atoms with Gasteiger partial charge in [0.1, 0.15) is 5.75 Å². The monoisotopic (exact) mass is 451 g/mol. The van der Waals surface area contributed by atoms with E-state index < -0.39 is 5.97 Å². The number of carbonyl (C=O) groups is 1. The van der Waals surface area contributed by atoms with Gasteiger partial charge in [-0.05, 0) is 49.4 Å². The Kier molecular flexibility index (Phi) is 7.13. The molecule has 0 atom stereocenters. The van der Waals surface area contributed by atoms with Gasteiger partial charge in [-0.2, -0.15) is 0 Å². The zero-order valence-electron chi connectivity index (χ0n) is 19.7. The van der Waals surface area contributed by atoms with Crippen LogP contribution in [0.2, 0.25) is 0 Å². The maximum atomic E-state index is 11.0. The van der Waals surface area contributed by atoms with Crippen molar-refractivity contribution in [2.75, 3.05) is 44.7 Å². The van der Waals surface area contributed by atoms with Gasteiger partial charge in [-0.3, -0.25) is 0 Å². The van der Waals surface area contributed by atoms with Gasteiger partial charge in [-0.25, -0.2) is 14.8 Å². The second-order valence-electron chi connectivity index (χ2n) is 8.80. The lowest BCUT2D eigenvalue weighted by Crippen LogP contribution is -2.40. The van der Waals surface area contributed by atoms with Crippen molar-refractivity contribution in [2.45, 2.75) is 26.2 Å². The van der Waals surface area contributed by atoms with Crippen LogP contribution < -0.4 is 9.64 Å². The van der Waals surface area contributed by atoms with Crippen LogP contribution in [0.5, 0.6) is 5.75 Å². The first kappa shape index (κ1) is 23.0. The van der Waals surface area contributed by atoms with Crippen molar-refractivity contribution in [1.29, 1.82) is 0 Å². The van der Waals surface area contributed by atoms with Crippen molar-refractivity contribution in [2.24, 2.45) is 13.0 Å². The van der Waals surface area contributed by atoms with Crippen LogP contribution in [0.4, 0.5) is 5.95 Å². The Labute approximate surface area is 194 Å². The normalized spacial score (nSPS) is 14.8. The lowest BCUT2D eigenvalue weighted by atomic mass is 9.96. The molecular formula is C25H33N5O3. The van der Waals surface area contributed by atoms with E-state index in [-0.39, 0.29) is 5.56 Å². The van der Waals surface area contributed by atoms with Crippen LogP contribution in [0, 0.1) is 5.92 Å². The number of aromatic carboxylic acids is 1. The van der Waals surface area contributed by atoms with Crippen molar-refractivity contribution in [3.05, 3.63) is 47.9 Å². The number of aryl methyl sites for hydroxylation is 1. The Bertz CT molecular complexity index is 1090. The number of likely N-dealkylation sites (N-methyl/N-ethyl adjacent to an activating group) is 1. The molecule has 1 aromatic carbocycles. The minimum atomic E-state index is -0.997. The molecule has 0 spiro atoms. The molecule has 0 amide bonds. The number of hydrogen-bond acceptors (Lipinski definition) is 6. The summed E-state index contributed by atoms with van der Waals surface area (Å²) in [5, 5.41) is 10.3. The third kappa shape index (κ3) is 5.27. The molecule has 0 unspecified atom stereocenters. The number of benzene rings is 1. The number of carboxylic acids is 1. The van der Waals surface area contributed by atoms with E-state index in [1.54, 1.807) is 7.11 Å². The lowest BCUT2D eigenvalue weighted by molar-refractivity contribution is 0.0696. The fraction of sp³-hybridized carbons (Fsp3) is 0.480. The van der Waals surface area contributed by atoms with Crippen LogP contribution in [0.25, 0.3) is 10.9 Å². The number of aromatic nitrogens is 3. The minimum Gasteiger partial charge on any atom is -0.497 e. The molecule has 176 valence electrons. The average molecular weight is 452 g/mol. The number of fused-ring (bicyclic) bond motifs is 1. The zero-order valence-corrected chi connectivity index (χ0v) is 19.7. The van der Waals surface area contributed by atoms with E-state index >= 15 is 0 Å². The Morgan fingerprint density at radius 1 is 1.24 bits per heavy atom. The van der Waals surface area contributed by atoms with Gasteiger partial charge in [0.05, 0.1) is 18.2 Å². The lowest BCUT2D eigenvalue weighted by Gasteiger charge is -2.34. The van der Waals surface area contributed by atoms with E-state index in [2.05, 4.69) is 56.6 Å². The summed E-state index contributed by atoms with van der Waals surface area (Å²) in [6.45, 7) is 7.22. The summed E-state index contributed by atoms with van der Waals surface area (Å²) in [7, 11) is 3.80. The second-order valence-corrected chi connectivity index (χ2v) is 8.80. The molecule has 3 aromatic rings. The number of carboxylic acid groups (broad SMARTS) is 1. The van der Waals surface area contributed by atoms with Crippen molar-refractivity contribution < 1.29 is 14.6 Å². The first-order valence-electron chi connectivity index (χ1n) is 11.6. The number of anilines is 1. The first-order valence-corrected chi connectivity index (χ1v) is 11.6. The fourth-order valence-corrected chi connectivity index (χ4v) is 4.71. The summed E-state index contributed by atoms with van der Waals surface area (Å²) >= 11 is 0. The van der Waals surface area contributed by atoms with E-state index in [0.717, 1.165) is 57.7 Å². The number of hydrogen-bond donors (Lipinski definition) is 1. The number of methoxy groups -OCH3 is 1. The number of piperidine rings is 1. The molecule has 0 aliphatic carbocycles. The number of rotatable bonds is 9. The molecular weight excluding hydrogens is 418 g/mol. The van der Waals surface area contributed by atoms with Gasteiger partial charge in [-0.1, -0.05) is 6.92 Å². The maximum Gasteiger partial charge on any atom is 0.338 e. The molecule has 1 fully saturated rings. The van der Waals surface area contributed by atoms with E-state index in [1.807, 2.05) is 6.07 Å². The molecule has 1 aliphatic heterocycles. The maximum absolute atomic E-state index is 11.0. The van der Waals surface area contributed by atoms with Gasteiger partial charge in [-0.15, -0.1) is 0 Å². The van der Waals surface area contributed by atoms with E-state index in [1.165, 1.54) is 28.9 Å². The van der Waals surface area contributed by atoms with Gasteiger partial charge in [0, 0.05) is 63.3 Å². The predicted octanol–water partition coefficient (Wildman–Crippen LogP) is 3.46. The highest BCUT2D eigenvalue weighted by atomic mass is 16.5. The molecule has 0 bridgehead atoms. The smallest absolute Gasteiger partial charge is 0.338 e. The van der Waals surface area contributed by atoms with Crippen LogP contribution in [0.15, 0.2) is 36.8 Å². The highest BCUT2D eigenvalue weighted by Crippen LogP contribution is 2.26. The number of ether oxygens (including phenoxy) is 1. The molecule has 1 saturated heterocycles. The van der Waals surface area contributed by atoms with Crippen LogP contribution in [0.1, 0.15) is 35.7 Å². The van der Waals surface area contributed by atoms with Gasteiger partial charge >= 0.3 is 5.97 Å². The van der Waals surface area contributed by atoms with E-state index in [9.17, 15) is 4.79 Å².